The van der Waals surface area contributed by atoms with Crippen LogP contribution < -0.4 is 0 Å². The van der Waals surface area contributed by atoms with Crippen LogP contribution in [0, 0.1) is 0 Å². The Morgan fingerprint density at radius 3 is 2.76 bits per heavy atom. The lowest BCUT2D eigenvalue weighted by molar-refractivity contribution is -0.143. The molecule has 1 aliphatic heterocycles. The van der Waals surface area contributed by atoms with Crippen LogP contribution in [-0.2, 0) is 14.9 Å². The molecule has 0 radical (unpaired) electrons. The van der Waals surface area contributed by atoms with Gasteiger partial charge in [0.05, 0.1) is 13.0 Å². The maximum absolute atomic E-state index is 12.2. The second kappa shape index (κ2) is 6.65. The van der Waals surface area contributed by atoms with Gasteiger partial charge < -0.3 is 4.74 Å². The fourth-order valence-electron chi connectivity index (χ4n) is 2.50. The third-order valence-corrected chi connectivity index (χ3v) is 4.95. The number of carbonyl (C=O) groups is 2. The number of ketones is 1. The lowest BCUT2D eigenvalue weighted by atomic mass is 9.81. The molecular formula is C17H22O3S. The summed E-state index contributed by atoms with van der Waals surface area (Å²) in [6, 6.07) is 5.92. The highest BCUT2D eigenvalue weighted by Crippen LogP contribution is 2.41. The minimum atomic E-state index is -0.306. The predicted octanol–water partition coefficient (Wildman–Crippen LogP) is 3.99. The zero-order chi connectivity index (χ0) is 15.5. The molecule has 0 spiro atoms. The van der Waals surface area contributed by atoms with E-state index in [2.05, 4.69) is 13.8 Å². The van der Waals surface area contributed by atoms with Crippen molar-refractivity contribution in [3.8, 4) is 0 Å². The van der Waals surface area contributed by atoms with Crippen LogP contribution in [0.3, 0.4) is 0 Å². The van der Waals surface area contributed by atoms with E-state index in [1.807, 2.05) is 30.0 Å². The number of hydrogen-bond acceptors (Lipinski definition) is 4. The molecule has 0 aromatic heterocycles. The summed E-state index contributed by atoms with van der Waals surface area (Å²) in [6.07, 6.45) is 1.48. The molecule has 1 aromatic rings. The Morgan fingerprint density at radius 1 is 1.29 bits per heavy atom. The molecule has 1 aromatic carbocycles. The maximum atomic E-state index is 12.2. The van der Waals surface area contributed by atoms with Crippen molar-refractivity contribution >= 4 is 23.5 Å². The highest BCUT2D eigenvalue weighted by atomic mass is 32.2. The van der Waals surface area contributed by atoms with Crippen LogP contribution in [0.5, 0.6) is 0 Å². The molecule has 0 aliphatic carbocycles. The third-order valence-electron chi connectivity index (χ3n) is 3.88. The van der Waals surface area contributed by atoms with Crippen molar-refractivity contribution in [1.29, 1.82) is 0 Å². The zero-order valence-electron chi connectivity index (χ0n) is 12.9. The molecule has 4 heteroatoms. The first-order chi connectivity index (χ1) is 9.94. The lowest BCUT2D eigenvalue weighted by Crippen LogP contribution is -2.23. The highest BCUT2D eigenvalue weighted by molar-refractivity contribution is 7.99. The molecule has 0 amide bonds. The second-order valence-corrected chi connectivity index (χ2v) is 7.06. The van der Waals surface area contributed by atoms with E-state index in [1.54, 1.807) is 6.92 Å². The monoisotopic (exact) mass is 306 g/mol. The zero-order valence-corrected chi connectivity index (χ0v) is 13.7. The van der Waals surface area contributed by atoms with Crippen molar-refractivity contribution in [2.24, 2.45) is 0 Å². The van der Waals surface area contributed by atoms with Crippen molar-refractivity contribution in [2.45, 2.75) is 50.3 Å². The van der Waals surface area contributed by atoms with E-state index in [0.717, 1.165) is 12.2 Å². The predicted molar refractivity (Wildman–Crippen MR) is 85.0 cm³/mol. The van der Waals surface area contributed by atoms with Gasteiger partial charge in [-0.3, -0.25) is 9.59 Å². The molecule has 114 valence electrons. The minimum Gasteiger partial charge on any atom is -0.466 e. The minimum absolute atomic E-state index is 0.0113. The van der Waals surface area contributed by atoms with Gasteiger partial charge in [-0.2, -0.15) is 0 Å². The highest BCUT2D eigenvalue weighted by Gasteiger charge is 2.28. The van der Waals surface area contributed by atoms with Crippen molar-refractivity contribution in [2.75, 3.05) is 12.4 Å². The van der Waals surface area contributed by atoms with E-state index in [1.165, 1.54) is 10.5 Å². The first kappa shape index (κ1) is 16.1. The fourth-order valence-corrected chi connectivity index (χ4v) is 3.99. The summed E-state index contributed by atoms with van der Waals surface area (Å²) in [5.41, 5.74) is 2.06. The first-order valence-corrected chi connectivity index (χ1v) is 8.39. The Kier molecular flexibility index (Phi) is 5.09. The summed E-state index contributed by atoms with van der Waals surface area (Å²) in [5, 5.41) is 0. The van der Waals surface area contributed by atoms with Crippen molar-refractivity contribution in [3.05, 3.63) is 29.3 Å². The van der Waals surface area contributed by atoms with Gasteiger partial charge in [-0.25, -0.2) is 0 Å². The fraction of sp³-hybridized carbons (Fsp3) is 0.529. The Balaban J connectivity index is 2.11. The van der Waals surface area contributed by atoms with Gasteiger partial charge in [0.15, 0.2) is 5.78 Å². The van der Waals surface area contributed by atoms with Gasteiger partial charge in [0.2, 0.25) is 0 Å². The normalized spacial score (nSPS) is 16.1. The summed E-state index contributed by atoms with van der Waals surface area (Å²) in [4.78, 5) is 24.8. The van der Waals surface area contributed by atoms with Crippen LogP contribution in [-0.4, -0.2) is 24.1 Å². The number of rotatable bonds is 5. The Morgan fingerprint density at radius 2 is 2.05 bits per heavy atom. The van der Waals surface area contributed by atoms with Gasteiger partial charge in [-0.05, 0) is 42.2 Å². The van der Waals surface area contributed by atoms with Gasteiger partial charge in [0.25, 0.3) is 0 Å². The molecule has 0 saturated heterocycles. The number of esters is 1. The third kappa shape index (κ3) is 3.88. The number of ether oxygens (including phenoxy) is 1. The Bertz CT molecular complexity index is 549. The molecule has 0 fully saturated rings. The summed E-state index contributed by atoms with van der Waals surface area (Å²) in [7, 11) is 0. The summed E-state index contributed by atoms with van der Waals surface area (Å²) in [6.45, 7) is 6.57. The smallest absolute Gasteiger partial charge is 0.306 e. The average molecular weight is 306 g/mol. The SMILES string of the molecule is CCOC(=O)CCC(=O)c1ccc2c(c1)C(C)(C)CCS2. The summed E-state index contributed by atoms with van der Waals surface area (Å²) < 4.78 is 4.86. The van der Waals surface area contributed by atoms with Crippen LogP contribution in [0.25, 0.3) is 0 Å². The number of Topliss-reactive ketones (excluding diaryl/α,β-unsaturated/α-hetero) is 1. The van der Waals surface area contributed by atoms with Crippen molar-refractivity contribution in [3.63, 3.8) is 0 Å². The van der Waals surface area contributed by atoms with Crippen molar-refractivity contribution in [1.82, 2.24) is 0 Å². The first-order valence-electron chi connectivity index (χ1n) is 7.40. The van der Waals surface area contributed by atoms with Crippen molar-refractivity contribution < 1.29 is 14.3 Å². The quantitative estimate of drug-likeness (QED) is 0.609. The average Bonchev–Trinajstić information content (AvgIpc) is 2.44. The van der Waals surface area contributed by atoms with E-state index in [0.29, 0.717) is 12.2 Å². The van der Waals surface area contributed by atoms with Crippen LogP contribution in [0.15, 0.2) is 23.1 Å². The summed E-state index contributed by atoms with van der Waals surface area (Å²) in [5.74, 6) is 0.827. The molecule has 1 heterocycles. The van der Waals surface area contributed by atoms with Gasteiger partial charge in [0, 0.05) is 16.9 Å². The Hall–Kier alpha value is -1.29. The number of thioether (sulfide) groups is 1. The van der Waals surface area contributed by atoms with Gasteiger partial charge in [-0.1, -0.05) is 19.9 Å². The molecule has 2 rings (SSSR count). The number of fused-ring (bicyclic) bond motifs is 1. The van der Waals surface area contributed by atoms with E-state index in [9.17, 15) is 9.59 Å². The number of benzene rings is 1. The number of carbonyl (C=O) groups excluding carboxylic acids is 2. The van der Waals surface area contributed by atoms with Crippen LogP contribution in [0.2, 0.25) is 0 Å². The molecule has 0 saturated carbocycles. The van der Waals surface area contributed by atoms with E-state index < -0.39 is 0 Å². The molecule has 21 heavy (non-hydrogen) atoms. The van der Waals surface area contributed by atoms with Crippen LogP contribution in [0.4, 0.5) is 0 Å². The molecule has 0 N–H and O–H groups in total. The molecule has 3 nitrogen and oxygen atoms in total. The lowest BCUT2D eigenvalue weighted by Gasteiger charge is -2.32. The van der Waals surface area contributed by atoms with Crippen LogP contribution >= 0.6 is 11.8 Å². The van der Waals surface area contributed by atoms with E-state index >= 15 is 0 Å². The van der Waals surface area contributed by atoms with Gasteiger partial charge in [0.1, 0.15) is 0 Å². The van der Waals surface area contributed by atoms with E-state index in [4.69, 9.17) is 4.74 Å². The largest absolute Gasteiger partial charge is 0.466 e. The molecule has 0 atom stereocenters. The van der Waals surface area contributed by atoms with Gasteiger partial charge in [-0.15, -0.1) is 11.8 Å². The van der Waals surface area contributed by atoms with E-state index in [-0.39, 0.29) is 30.0 Å². The van der Waals surface area contributed by atoms with Crippen LogP contribution in [0.1, 0.15) is 56.0 Å². The Labute approximate surface area is 130 Å². The molecule has 1 aliphatic rings. The number of hydrogen-bond donors (Lipinski definition) is 0. The molecule has 0 bridgehead atoms. The second-order valence-electron chi connectivity index (χ2n) is 5.92. The molecular weight excluding hydrogens is 284 g/mol. The topological polar surface area (TPSA) is 43.4 Å². The standard InChI is InChI=1S/C17H22O3S/c1-4-20-16(19)8-6-14(18)12-5-7-15-13(11-12)17(2,3)9-10-21-15/h5,7,11H,4,6,8-10H2,1-3H3. The molecule has 0 unspecified atom stereocenters. The van der Waals surface area contributed by atoms with Gasteiger partial charge >= 0.3 is 5.97 Å². The summed E-state index contributed by atoms with van der Waals surface area (Å²) >= 11 is 1.85. The maximum Gasteiger partial charge on any atom is 0.306 e.